The van der Waals surface area contributed by atoms with Crippen molar-refractivity contribution in [1.29, 1.82) is 0 Å². The fraction of sp³-hybridized carbons (Fsp3) is 0.429. The number of hydrogen-bond donors (Lipinski definition) is 2. The van der Waals surface area contributed by atoms with Crippen LogP contribution in [0.3, 0.4) is 0 Å². The maximum atomic E-state index is 6.10. The maximum Gasteiger partial charge on any atom is 0.124 e. The van der Waals surface area contributed by atoms with Crippen LogP contribution in [0.1, 0.15) is 29.5 Å². The minimum Gasteiger partial charge on any atom is -0.489 e. The van der Waals surface area contributed by atoms with Crippen LogP contribution < -0.4 is 15.4 Å². The molecular formula is C21H27BrN2O. The summed E-state index contributed by atoms with van der Waals surface area (Å²) in [5.74, 6) is 1.74. The van der Waals surface area contributed by atoms with Gasteiger partial charge in [-0.15, -0.1) is 0 Å². The van der Waals surface area contributed by atoms with E-state index in [2.05, 4.69) is 69.9 Å². The zero-order valence-corrected chi connectivity index (χ0v) is 16.4. The van der Waals surface area contributed by atoms with Crippen molar-refractivity contribution in [2.24, 2.45) is 5.92 Å². The van der Waals surface area contributed by atoms with Crippen LogP contribution >= 0.6 is 15.9 Å². The lowest BCUT2D eigenvalue weighted by molar-refractivity contribution is 0.300. The molecule has 1 heterocycles. The predicted molar refractivity (Wildman–Crippen MR) is 107 cm³/mol. The Hall–Kier alpha value is -1.36. The Bertz CT molecular complexity index is 683. The van der Waals surface area contributed by atoms with Crippen molar-refractivity contribution in [1.82, 2.24) is 10.6 Å². The molecule has 0 spiro atoms. The summed E-state index contributed by atoms with van der Waals surface area (Å²) in [4.78, 5) is 0. The molecule has 2 N–H and O–H groups in total. The van der Waals surface area contributed by atoms with E-state index in [0.717, 1.165) is 42.3 Å². The van der Waals surface area contributed by atoms with E-state index in [4.69, 9.17) is 4.74 Å². The van der Waals surface area contributed by atoms with E-state index in [1.165, 1.54) is 29.5 Å². The van der Waals surface area contributed by atoms with E-state index in [0.29, 0.717) is 6.61 Å². The lowest BCUT2D eigenvalue weighted by Gasteiger charge is -2.23. The summed E-state index contributed by atoms with van der Waals surface area (Å²) in [5.41, 5.74) is 3.67. The average molecular weight is 403 g/mol. The van der Waals surface area contributed by atoms with Crippen LogP contribution in [0.5, 0.6) is 5.75 Å². The van der Waals surface area contributed by atoms with Gasteiger partial charge in [0.25, 0.3) is 0 Å². The molecule has 0 bridgehead atoms. The van der Waals surface area contributed by atoms with Crippen LogP contribution in [0.25, 0.3) is 0 Å². The highest BCUT2D eigenvalue weighted by atomic mass is 79.9. The number of ether oxygens (including phenoxy) is 1. The fourth-order valence-corrected chi connectivity index (χ4v) is 3.70. The zero-order chi connectivity index (χ0) is 17.5. The third kappa shape index (κ3) is 5.84. The van der Waals surface area contributed by atoms with Crippen LogP contribution in [-0.4, -0.2) is 19.6 Å². The molecule has 0 aliphatic carbocycles. The van der Waals surface area contributed by atoms with E-state index in [-0.39, 0.29) is 0 Å². The van der Waals surface area contributed by atoms with Crippen molar-refractivity contribution in [2.75, 3.05) is 19.6 Å². The van der Waals surface area contributed by atoms with Gasteiger partial charge in [-0.3, -0.25) is 0 Å². The molecule has 3 nitrogen and oxygen atoms in total. The van der Waals surface area contributed by atoms with Crippen molar-refractivity contribution >= 4 is 15.9 Å². The summed E-state index contributed by atoms with van der Waals surface area (Å²) in [7, 11) is 0. The zero-order valence-electron chi connectivity index (χ0n) is 14.9. The summed E-state index contributed by atoms with van der Waals surface area (Å²) in [5, 5.41) is 7.04. The highest BCUT2D eigenvalue weighted by Crippen LogP contribution is 2.24. The molecule has 1 fully saturated rings. The minimum absolute atomic E-state index is 0.602. The molecule has 134 valence electrons. The average Bonchev–Trinajstić information content (AvgIpc) is 2.62. The molecule has 0 unspecified atom stereocenters. The van der Waals surface area contributed by atoms with Crippen LogP contribution in [0.15, 0.2) is 46.9 Å². The normalized spacial score (nSPS) is 15.3. The van der Waals surface area contributed by atoms with Crippen molar-refractivity contribution in [2.45, 2.75) is 32.9 Å². The highest BCUT2D eigenvalue weighted by molar-refractivity contribution is 9.10. The maximum absolute atomic E-state index is 6.10. The molecule has 3 rings (SSSR count). The van der Waals surface area contributed by atoms with Crippen molar-refractivity contribution in [3.8, 4) is 5.75 Å². The van der Waals surface area contributed by atoms with Gasteiger partial charge in [0.1, 0.15) is 12.4 Å². The van der Waals surface area contributed by atoms with Gasteiger partial charge in [-0.2, -0.15) is 0 Å². The third-order valence-corrected chi connectivity index (χ3v) is 5.20. The van der Waals surface area contributed by atoms with E-state index < -0.39 is 0 Å². The van der Waals surface area contributed by atoms with E-state index in [1.54, 1.807) is 0 Å². The number of nitrogens with one attached hydrogen (secondary N) is 2. The number of aryl methyl sites for hydroxylation is 1. The molecule has 0 atom stereocenters. The molecule has 0 radical (unpaired) electrons. The Kier molecular flexibility index (Phi) is 6.91. The third-order valence-electron chi connectivity index (χ3n) is 4.71. The van der Waals surface area contributed by atoms with E-state index in [1.807, 2.05) is 6.07 Å². The lowest BCUT2D eigenvalue weighted by Crippen LogP contribution is -2.33. The van der Waals surface area contributed by atoms with Gasteiger partial charge in [-0.25, -0.2) is 0 Å². The first kappa shape index (κ1) is 18.4. The molecule has 2 aromatic rings. The lowest BCUT2D eigenvalue weighted by atomic mass is 9.98. The van der Waals surface area contributed by atoms with Crippen LogP contribution in [0, 0.1) is 12.8 Å². The van der Waals surface area contributed by atoms with Gasteiger partial charge in [0.2, 0.25) is 0 Å². The number of benzene rings is 2. The van der Waals surface area contributed by atoms with Crippen molar-refractivity contribution in [3.63, 3.8) is 0 Å². The summed E-state index contributed by atoms with van der Waals surface area (Å²) in [6, 6.07) is 14.7. The second kappa shape index (κ2) is 9.37. The van der Waals surface area contributed by atoms with Gasteiger partial charge < -0.3 is 15.4 Å². The molecule has 0 aromatic heterocycles. The molecule has 1 aliphatic rings. The topological polar surface area (TPSA) is 33.3 Å². The van der Waals surface area contributed by atoms with E-state index in [9.17, 15) is 0 Å². The summed E-state index contributed by atoms with van der Waals surface area (Å²) in [6.07, 6.45) is 2.53. The largest absolute Gasteiger partial charge is 0.489 e. The van der Waals surface area contributed by atoms with E-state index >= 15 is 0 Å². The van der Waals surface area contributed by atoms with Crippen molar-refractivity contribution < 1.29 is 4.74 Å². The number of rotatable bonds is 7. The summed E-state index contributed by atoms with van der Waals surface area (Å²) in [6.45, 7) is 6.92. The van der Waals surface area contributed by atoms with Gasteiger partial charge >= 0.3 is 0 Å². The monoisotopic (exact) mass is 402 g/mol. The molecule has 4 heteroatoms. The molecule has 1 aliphatic heterocycles. The van der Waals surface area contributed by atoms with Crippen LogP contribution in [0.2, 0.25) is 0 Å². The minimum atomic E-state index is 0.602. The second-order valence-electron chi connectivity index (χ2n) is 6.85. The Balaban J connectivity index is 1.57. The fourth-order valence-electron chi connectivity index (χ4n) is 3.29. The first-order valence-electron chi connectivity index (χ1n) is 9.09. The number of hydrogen-bond acceptors (Lipinski definition) is 3. The molecule has 25 heavy (non-hydrogen) atoms. The van der Waals surface area contributed by atoms with Crippen LogP contribution in [0.4, 0.5) is 0 Å². The quantitative estimate of drug-likeness (QED) is 0.718. The summed E-state index contributed by atoms with van der Waals surface area (Å²) >= 11 is 3.58. The van der Waals surface area contributed by atoms with Gasteiger partial charge in [0.15, 0.2) is 0 Å². The predicted octanol–water partition coefficient (Wildman–Crippen LogP) is 4.43. The smallest absolute Gasteiger partial charge is 0.124 e. The Labute approximate surface area is 159 Å². The number of piperidine rings is 1. The molecule has 0 saturated carbocycles. The SMILES string of the molecule is Cc1cccc(COc2ccc(Br)cc2CNCC2CCNCC2)c1. The van der Waals surface area contributed by atoms with Gasteiger partial charge in [-0.05, 0) is 69.1 Å². The van der Waals surface area contributed by atoms with Gasteiger partial charge in [0, 0.05) is 16.6 Å². The standard InChI is InChI=1S/C21H27BrN2O/c1-16-3-2-4-18(11-16)15-25-21-6-5-20(22)12-19(21)14-24-13-17-7-9-23-10-8-17/h2-6,11-12,17,23-24H,7-10,13-15H2,1H3. The molecule has 0 amide bonds. The van der Waals surface area contributed by atoms with Gasteiger partial charge in [0.05, 0.1) is 0 Å². The first-order chi connectivity index (χ1) is 12.2. The Morgan fingerprint density at radius 3 is 2.80 bits per heavy atom. The second-order valence-corrected chi connectivity index (χ2v) is 7.77. The first-order valence-corrected chi connectivity index (χ1v) is 9.88. The Morgan fingerprint density at radius 2 is 2.00 bits per heavy atom. The van der Waals surface area contributed by atoms with Crippen molar-refractivity contribution in [3.05, 3.63) is 63.6 Å². The number of halogens is 1. The van der Waals surface area contributed by atoms with Gasteiger partial charge in [-0.1, -0.05) is 45.8 Å². The summed E-state index contributed by atoms with van der Waals surface area (Å²) < 4.78 is 7.20. The molecular weight excluding hydrogens is 376 g/mol. The highest BCUT2D eigenvalue weighted by Gasteiger charge is 2.13. The van der Waals surface area contributed by atoms with Crippen LogP contribution in [-0.2, 0) is 13.2 Å². The molecule has 1 saturated heterocycles. The Morgan fingerprint density at radius 1 is 1.16 bits per heavy atom. The molecule has 2 aromatic carbocycles.